The van der Waals surface area contributed by atoms with Crippen LogP contribution < -0.4 is 16.7 Å². The van der Waals surface area contributed by atoms with Gasteiger partial charge in [-0.25, -0.2) is 9.59 Å². The van der Waals surface area contributed by atoms with Crippen LogP contribution in [0.1, 0.15) is 19.3 Å². The van der Waals surface area contributed by atoms with E-state index in [2.05, 4.69) is 10.3 Å². The van der Waals surface area contributed by atoms with Crippen LogP contribution in [0.25, 0.3) is 0 Å². The van der Waals surface area contributed by atoms with Gasteiger partial charge in [0, 0.05) is 25.6 Å². The summed E-state index contributed by atoms with van der Waals surface area (Å²) in [5, 5.41) is 19.6. The molecule has 0 saturated carbocycles. The van der Waals surface area contributed by atoms with Crippen LogP contribution in [0.3, 0.4) is 0 Å². The maximum absolute atomic E-state index is 11.7. The van der Waals surface area contributed by atoms with E-state index in [-0.39, 0.29) is 31.6 Å². The molecule has 0 fully saturated rings. The molecule has 0 aliphatic rings. The molecule has 0 spiro atoms. The molecule has 0 saturated heterocycles. The zero-order chi connectivity index (χ0) is 16.7. The van der Waals surface area contributed by atoms with Gasteiger partial charge in [0.05, 0.1) is 0 Å². The third kappa shape index (κ3) is 5.61. The zero-order valence-electron chi connectivity index (χ0n) is 11.6. The molecule has 0 aliphatic heterocycles. The maximum Gasteiger partial charge on any atom is 0.349 e. The summed E-state index contributed by atoms with van der Waals surface area (Å²) in [5.74, 6) is -3.02. The SMILES string of the molecule is Nc1ccn(CCC(=O)N[C@@H](CCC(=O)O)C(=O)O)c(=O)n1. The Bertz CT molecular complexity index is 626. The molecule has 120 valence electrons. The van der Waals surface area contributed by atoms with Crippen molar-refractivity contribution in [2.75, 3.05) is 5.73 Å². The van der Waals surface area contributed by atoms with Crippen LogP contribution >= 0.6 is 0 Å². The van der Waals surface area contributed by atoms with E-state index < -0.39 is 29.6 Å². The number of hydrogen-bond donors (Lipinski definition) is 4. The Labute approximate surface area is 124 Å². The van der Waals surface area contributed by atoms with Gasteiger partial charge in [0.2, 0.25) is 5.91 Å². The van der Waals surface area contributed by atoms with Crippen molar-refractivity contribution in [2.45, 2.75) is 31.8 Å². The second-order valence-electron chi connectivity index (χ2n) is 4.47. The second kappa shape index (κ2) is 7.76. The van der Waals surface area contributed by atoms with Crippen molar-refractivity contribution in [3.63, 3.8) is 0 Å². The van der Waals surface area contributed by atoms with Crippen LogP contribution in [0, 0.1) is 0 Å². The van der Waals surface area contributed by atoms with Crippen molar-refractivity contribution in [3.8, 4) is 0 Å². The molecular formula is C12H16N4O6. The lowest BCUT2D eigenvalue weighted by Gasteiger charge is -2.13. The number of nitrogens with one attached hydrogen (secondary N) is 1. The topological polar surface area (TPSA) is 165 Å². The van der Waals surface area contributed by atoms with Crippen molar-refractivity contribution in [1.29, 1.82) is 0 Å². The van der Waals surface area contributed by atoms with Crippen molar-refractivity contribution in [3.05, 3.63) is 22.7 Å². The van der Waals surface area contributed by atoms with Crippen molar-refractivity contribution < 1.29 is 24.6 Å². The number of nitrogens with zero attached hydrogens (tertiary/aromatic N) is 2. The van der Waals surface area contributed by atoms with Crippen LogP contribution in [-0.4, -0.2) is 43.7 Å². The third-order valence-corrected chi connectivity index (χ3v) is 2.76. The van der Waals surface area contributed by atoms with Gasteiger partial charge in [-0.3, -0.25) is 14.2 Å². The molecule has 1 aromatic rings. The number of anilines is 1. The summed E-state index contributed by atoms with van der Waals surface area (Å²) in [6, 6.07) is 0.108. The number of hydrogen-bond acceptors (Lipinski definition) is 6. The predicted molar refractivity (Wildman–Crippen MR) is 74.0 cm³/mol. The Morgan fingerprint density at radius 1 is 1.32 bits per heavy atom. The van der Waals surface area contributed by atoms with Crippen molar-refractivity contribution in [1.82, 2.24) is 14.9 Å². The van der Waals surface area contributed by atoms with Crippen LogP contribution in [0.15, 0.2) is 17.1 Å². The van der Waals surface area contributed by atoms with Crippen molar-refractivity contribution in [2.24, 2.45) is 0 Å². The van der Waals surface area contributed by atoms with E-state index in [0.717, 1.165) is 4.57 Å². The van der Waals surface area contributed by atoms with Gasteiger partial charge in [-0.1, -0.05) is 0 Å². The van der Waals surface area contributed by atoms with E-state index in [4.69, 9.17) is 15.9 Å². The number of carbonyl (C=O) groups excluding carboxylic acids is 1. The summed E-state index contributed by atoms with van der Waals surface area (Å²) in [6.45, 7) is 0.00319. The quantitative estimate of drug-likeness (QED) is 0.457. The molecule has 1 rings (SSSR count). The number of rotatable bonds is 8. The molecule has 5 N–H and O–H groups in total. The summed E-state index contributed by atoms with van der Waals surface area (Å²) in [7, 11) is 0. The molecule has 1 heterocycles. The average molecular weight is 312 g/mol. The lowest BCUT2D eigenvalue weighted by molar-refractivity contribution is -0.143. The molecule has 0 aliphatic carbocycles. The largest absolute Gasteiger partial charge is 0.481 e. The fourth-order valence-corrected chi connectivity index (χ4v) is 1.63. The first-order chi connectivity index (χ1) is 10.3. The van der Waals surface area contributed by atoms with E-state index in [0.29, 0.717) is 0 Å². The standard InChI is InChI=1S/C12H16N4O6/c13-8-3-5-16(12(22)15-8)6-4-9(17)14-7(11(20)21)1-2-10(18)19/h3,5,7H,1-2,4,6H2,(H,14,17)(H,18,19)(H,20,21)(H2,13,15,22)/t7-/m0/s1. The number of amides is 1. The smallest absolute Gasteiger partial charge is 0.349 e. The van der Waals surface area contributed by atoms with E-state index >= 15 is 0 Å². The van der Waals surface area contributed by atoms with Gasteiger partial charge in [-0.15, -0.1) is 0 Å². The molecule has 22 heavy (non-hydrogen) atoms. The minimum Gasteiger partial charge on any atom is -0.481 e. The summed E-state index contributed by atoms with van der Waals surface area (Å²) < 4.78 is 1.16. The molecule has 0 unspecified atom stereocenters. The Hall–Kier alpha value is -2.91. The van der Waals surface area contributed by atoms with E-state index in [1.807, 2.05) is 0 Å². The predicted octanol–water partition coefficient (Wildman–Crippen LogP) is -1.35. The fourth-order valence-electron chi connectivity index (χ4n) is 1.63. The normalized spacial score (nSPS) is 11.6. The zero-order valence-corrected chi connectivity index (χ0v) is 11.6. The molecule has 10 heteroatoms. The maximum atomic E-state index is 11.7. The summed E-state index contributed by atoms with van der Waals surface area (Å²) in [6.07, 6.45) is 0.623. The molecular weight excluding hydrogens is 296 g/mol. The number of aromatic nitrogens is 2. The van der Waals surface area contributed by atoms with Crippen LogP contribution in [0.4, 0.5) is 5.82 Å². The fraction of sp³-hybridized carbons (Fsp3) is 0.417. The molecule has 1 atom stereocenters. The third-order valence-electron chi connectivity index (χ3n) is 2.76. The van der Waals surface area contributed by atoms with Gasteiger partial charge in [0.1, 0.15) is 11.9 Å². The number of aryl methyl sites for hydroxylation is 1. The van der Waals surface area contributed by atoms with Gasteiger partial charge in [-0.05, 0) is 12.5 Å². The van der Waals surface area contributed by atoms with Crippen LogP contribution in [-0.2, 0) is 20.9 Å². The molecule has 1 amide bonds. The minimum absolute atomic E-state index is 0.00319. The lowest BCUT2D eigenvalue weighted by Crippen LogP contribution is -2.41. The first kappa shape index (κ1) is 17.1. The molecule has 0 aromatic carbocycles. The first-order valence-corrected chi connectivity index (χ1v) is 6.36. The molecule has 10 nitrogen and oxygen atoms in total. The van der Waals surface area contributed by atoms with Gasteiger partial charge in [0.15, 0.2) is 0 Å². The number of aliphatic carboxylic acids is 2. The van der Waals surface area contributed by atoms with Gasteiger partial charge < -0.3 is 21.3 Å². The summed E-state index contributed by atoms with van der Waals surface area (Å²) in [4.78, 5) is 48.0. The minimum atomic E-state index is -1.32. The highest BCUT2D eigenvalue weighted by Crippen LogP contribution is 1.99. The first-order valence-electron chi connectivity index (χ1n) is 6.36. The van der Waals surface area contributed by atoms with E-state index in [1.54, 1.807) is 0 Å². The van der Waals surface area contributed by atoms with Gasteiger partial charge >= 0.3 is 17.6 Å². The Balaban J connectivity index is 2.54. The molecule has 1 aromatic heterocycles. The highest BCUT2D eigenvalue weighted by molar-refractivity contribution is 5.83. The number of carboxylic acid groups (broad SMARTS) is 2. The summed E-state index contributed by atoms with van der Waals surface area (Å²) >= 11 is 0. The molecule has 0 radical (unpaired) electrons. The number of carboxylic acids is 2. The highest BCUT2D eigenvalue weighted by atomic mass is 16.4. The Morgan fingerprint density at radius 2 is 2.00 bits per heavy atom. The summed E-state index contributed by atoms with van der Waals surface area (Å²) in [5.41, 5.74) is 4.71. The Kier molecular flexibility index (Phi) is 6.05. The highest BCUT2D eigenvalue weighted by Gasteiger charge is 2.20. The Morgan fingerprint density at radius 3 is 2.55 bits per heavy atom. The molecule has 0 bridgehead atoms. The lowest BCUT2D eigenvalue weighted by atomic mass is 10.1. The number of carbonyl (C=O) groups is 3. The second-order valence-corrected chi connectivity index (χ2v) is 4.47. The van der Waals surface area contributed by atoms with Crippen LogP contribution in [0.2, 0.25) is 0 Å². The van der Waals surface area contributed by atoms with Crippen molar-refractivity contribution >= 4 is 23.7 Å². The number of nitrogens with two attached hydrogens (primary N) is 1. The van der Waals surface area contributed by atoms with Gasteiger partial charge in [-0.2, -0.15) is 4.98 Å². The van der Waals surface area contributed by atoms with E-state index in [1.165, 1.54) is 12.3 Å². The van der Waals surface area contributed by atoms with E-state index in [9.17, 15) is 19.2 Å². The number of nitrogen functional groups attached to an aromatic ring is 1. The van der Waals surface area contributed by atoms with Gasteiger partial charge in [0.25, 0.3) is 0 Å². The average Bonchev–Trinajstić information content (AvgIpc) is 2.41. The monoisotopic (exact) mass is 312 g/mol. The van der Waals surface area contributed by atoms with Crippen LogP contribution in [0.5, 0.6) is 0 Å².